The molecule has 1 aliphatic carbocycles. The molecule has 0 unspecified atom stereocenters. The van der Waals surface area contributed by atoms with Gasteiger partial charge in [0.2, 0.25) is 10.0 Å². The highest BCUT2D eigenvalue weighted by molar-refractivity contribution is 7.89. The van der Waals surface area contributed by atoms with Crippen molar-refractivity contribution < 1.29 is 17.5 Å². The molecule has 1 aliphatic heterocycles. The topological polar surface area (TPSA) is 46.6 Å². The molecule has 0 aromatic heterocycles. The van der Waals surface area contributed by atoms with Gasteiger partial charge in [0, 0.05) is 25.3 Å². The van der Waals surface area contributed by atoms with Crippen LogP contribution in [0.4, 0.5) is 4.39 Å². The number of rotatable bonds is 4. The number of hydrogen-bond donors (Lipinski definition) is 0. The molecule has 20 heavy (non-hydrogen) atoms. The van der Waals surface area contributed by atoms with E-state index < -0.39 is 15.8 Å². The summed E-state index contributed by atoms with van der Waals surface area (Å²) in [5.41, 5.74) is 0. The Bertz CT molecular complexity index is 563. The Morgan fingerprint density at radius 3 is 2.10 bits per heavy atom. The molecular formula is C14H18FNO3S. The molecular weight excluding hydrogens is 281 g/mol. The third-order valence-corrected chi connectivity index (χ3v) is 5.87. The Morgan fingerprint density at radius 2 is 1.55 bits per heavy atom. The summed E-state index contributed by atoms with van der Waals surface area (Å²) in [5, 5.41) is 0. The van der Waals surface area contributed by atoms with E-state index in [4.69, 9.17) is 4.74 Å². The second-order valence-corrected chi connectivity index (χ2v) is 7.21. The predicted molar refractivity (Wildman–Crippen MR) is 72.3 cm³/mol. The molecule has 0 amide bonds. The fraction of sp³-hybridized carbons (Fsp3) is 0.571. The van der Waals surface area contributed by atoms with E-state index in [0.29, 0.717) is 13.2 Å². The number of ether oxygens (including phenoxy) is 1. The molecule has 2 aliphatic rings. The summed E-state index contributed by atoms with van der Waals surface area (Å²) in [6, 6.07) is 5.20. The van der Waals surface area contributed by atoms with Gasteiger partial charge in [0.15, 0.2) is 0 Å². The van der Waals surface area contributed by atoms with Gasteiger partial charge in [0.1, 0.15) is 5.82 Å². The van der Waals surface area contributed by atoms with Crippen LogP contribution in [-0.4, -0.2) is 38.0 Å². The average Bonchev–Trinajstić information content (AvgIpc) is 3.25. The zero-order valence-electron chi connectivity index (χ0n) is 11.2. The van der Waals surface area contributed by atoms with E-state index in [2.05, 4.69) is 0 Å². The van der Waals surface area contributed by atoms with Crippen LogP contribution in [0.15, 0.2) is 29.2 Å². The van der Waals surface area contributed by atoms with Crippen LogP contribution in [0.1, 0.15) is 25.7 Å². The normalized spacial score (nSPS) is 21.3. The molecule has 1 aromatic rings. The summed E-state index contributed by atoms with van der Waals surface area (Å²) in [5.74, 6) is -0.423. The predicted octanol–water partition coefficient (Wildman–Crippen LogP) is 2.16. The van der Waals surface area contributed by atoms with Crippen molar-refractivity contribution in [2.75, 3.05) is 13.2 Å². The van der Waals surface area contributed by atoms with E-state index >= 15 is 0 Å². The van der Waals surface area contributed by atoms with Gasteiger partial charge < -0.3 is 4.74 Å². The van der Waals surface area contributed by atoms with Crippen molar-refractivity contribution in [3.8, 4) is 0 Å². The van der Waals surface area contributed by atoms with Gasteiger partial charge >= 0.3 is 0 Å². The number of sulfonamides is 1. The highest BCUT2D eigenvalue weighted by Crippen LogP contribution is 2.36. The van der Waals surface area contributed by atoms with Crippen molar-refractivity contribution in [3.05, 3.63) is 30.1 Å². The first kappa shape index (κ1) is 14.0. The third-order valence-electron chi connectivity index (χ3n) is 3.85. The van der Waals surface area contributed by atoms with E-state index in [1.54, 1.807) is 4.31 Å². The SMILES string of the molecule is O=S(=O)(c1ccc(F)cc1)N(C1CCOCC1)C1CC1. The lowest BCUT2D eigenvalue weighted by Crippen LogP contribution is -2.44. The molecule has 1 saturated carbocycles. The highest BCUT2D eigenvalue weighted by Gasteiger charge is 2.42. The molecule has 0 spiro atoms. The van der Waals surface area contributed by atoms with Crippen LogP contribution in [0.2, 0.25) is 0 Å². The van der Waals surface area contributed by atoms with E-state index in [-0.39, 0.29) is 17.0 Å². The number of nitrogens with zero attached hydrogens (tertiary/aromatic N) is 1. The second-order valence-electron chi connectivity index (χ2n) is 5.36. The minimum Gasteiger partial charge on any atom is -0.381 e. The molecule has 1 aromatic carbocycles. The Kier molecular flexibility index (Phi) is 3.79. The van der Waals surface area contributed by atoms with Crippen LogP contribution in [-0.2, 0) is 14.8 Å². The number of halogens is 1. The fourth-order valence-electron chi connectivity index (χ4n) is 2.69. The lowest BCUT2D eigenvalue weighted by atomic mass is 10.1. The molecule has 6 heteroatoms. The van der Waals surface area contributed by atoms with Crippen LogP contribution in [0.25, 0.3) is 0 Å². The van der Waals surface area contributed by atoms with Crippen molar-refractivity contribution in [2.45, 2.75) is 42.7 Å². The van der Waals surface area contributed by atoms with Crippen molar-refractivity contribution in [1.29, 1.82) is 0 Å². The fourth-order valence-corrected chi connectivity index (χ4v) is 4.62. The van der Waals surface area contributed by atoms with E-state index in [1.807, 2.05) is 0 Å². The second kappa shape index (κ2) is 5.42. The first-order valence-electron chi connectivity index (χ1n) is 6.96. The summed E-state index contributed by atoms with van der Waals surface area (Å²) < 4.78 is 45.5. The Labute approximate surface area is 118 Å². The Morgan fingerprint density at radius 1 is 1.00 bits per heavy atom. The summed E-state index contributed by atoms with van der Waals surface area (Å²) in [4.78, 5) is 0.178. The monoisotopic (exact) mass is 299 g/mol. The summed E-state index contributed by atoms with van der Waals surface area (Å²) in [6.07, 6.45) is 3.30. The van der Waals surface area contributed by atoms with Crippen LogP contribution in [0.3, 0.4) is 0 Å². The Hall–Kier alpha value is -0.980. The number of hydrogen-bond acceptors (Lipinski definition) is 3. The van der Waals surface area contributed by atoms with Gasteiger partial charge in [-0.05, 0) is 49.9 Å². The minimum absolute atomic E-state index is 0.00584. The van der Waals surface area contributed by atoms with Gasteiger partial charge in [-0.15, -0.1) is 0 Å². The molecule has 1 saturated heterocycles. The maximum atomic E-state index is 13.0. The molecule has 0 atom stereocenters. The first-order chi connectivity index (χ1) is 9.59. The molecule has 3 rings (SSSR count). The van der Waals surface area contributed by atoms with Crippen LogP contribution in [0, 0.1) is 5.82 Å². The summed E-state index contributed by atoms with van der Waals surface area (Å²) >= 11 is 0. The van der Waals surface area contributed by atoms with E-state index in [0.717, 1.165) is 25.7 Å². The molecule has 0 bridgehead atoms. The number of benzene rings is 1. The standard InChI is InChI=1S/C14H18FNO3S/c15-11-1-5-14(6-2-11)20(17,18)16(12-3-4-12)13-7-9-19-10-8-13/h1-2,5-6,12-13H,3-4,7-10H2. The van der Waals surface area contributed by atoms with Crippen LogP contribution >= 0.6 is 0 Å². The van der Waals surface area contributed by atoms with E-state index in [9.17, 15) is 12.8 Å². The average molecular weight is 299 g/mol. The van der Waals surface area contributed by atoms with E-state index in [1.165, 1.54) is 24.3 Å². The summed E-state index contributed by atoms with van der Waals surface area (Å²) in [6.45, 7) is 1.21. The van der Waals surface area contributed by atoms with Crippen LogP contribution in [0.5, 0.6) is 0 Å². The molecule has 0 N–H and O–H groups in total. The molecule has 4 nitrogen and oxygen atoms in total. The van der Waals surface area contributed by atoms with Gasteiger partial charge in [-0.25, -0.2) is 12.8 Å². The lowest BCUT2D eigenvalue weighted by Gasteiger charge is -2.33. The molecule has 2 fully saturated rings. The zero-order chi connectivity index (χ0) is 14.2. The highest BCUT2D eigenvalue weighted by atomic mass is 32.2. The molecule has 110 valence electrons. The minimum atomic E-state index is -3.54. The molecule has 1 heterocycles. The lowest BCUT2D eigenvalue weighted by molar-refractivity contribution is 0.0569. The maximum Gasteiger partial charge on any atom is 0.243 e. The quantitative estimate of drug-likeness (QED) is 0.856. The van der Waals surface area contributed by atoms with Crippen molar-refractivity contribution >= 4 is 10.0 Å². The van der Waals surface area contributed by atoms with Crippen molar-refractivity contribution in [3.63, 3.8) is 0 Å². The largest absolute Gasteiger partial charge is 0.381 e. The summed E-state index contributed by atoms with van der Waals surface area (Å²) in [7, 11) is -3.54. The van der Waals surface area contributed by atoms with Crippen LogP contribution < -0.4 is 0 Å². The third kappa shape index (κ3) is 2.73. The zero-order valence-corrected chi connectivity index (χ0v) is 12.0. The van der Waals surface area contributed by atoms with Gasteiger partial charge in [0.25, 0.3) is 0 Å². The van der Waals surface area contributed by atoms with Gasteiger partial charge in [-0.2, -0.15) is 4.31 Å². The van der Waals surface area contributed by atoms with Gasteiger partial charge in [-0.3, -0.25) is 0 Å². The smallest absolute Gasteiger partial charge is 0.243 e. The Balaban J connectivity index is 1.91. The van der Waals surface area contributed by atoms with Gasteiger partial charge in [-0.1, -0.05) is 0 Å². The van der Waals surface area contributed by atoms with Crippen molar-refractivity contribution in [2.24, 2.45) is 0 Å². The first-order valence-corrected chi connectivity index (χ1v) is 8.40. The maximum absolute atomic E-state index is 13.0. The molecule has 0 radical (unpaired) electrons. The van der Waals surface area contributed by atoms with Crippen molar-refractivity contribution in [1.82, 2.24) is 4.31 Å². The van der Waals surface area contributed by atoms with Gasteiger partial charge in [0.05, 0.1) is 4.90 Å².